The Morgan fingerprint density at radius 3 is 2.52 bits per heavy atom. The first-order valence-electron chi connectivity index (χ1n) is 10.9. The van der Waals surface area contributed by atoms with Crippen molar-refractivity contribution in [2.24, 2.45) is 7.05 Å². The lowest BCUT2D eigenvalue weighted by Gasteiger charge is -2.36. The van der Waals surface area contributed by atoms with E-state index in [-0.39, 0.29) is 5.41 Å². The fourth-order valence-corrected chi connectivity index (χ4v) is 3.80. The third-order valence-electron chi connectivity index (χ3n) is 5.71. The van der Waals surface area contributed by atoms with Crippen molar-refractivity contribution in [1.29, 1.82) is 0 Å². The fourth-order valence-electron chi connectivity index (χ4n) is 3.80. The molecule has 7 nitrogen and oxygen atoms in total. The smallest absolute Gasteiger partial charge is 0.232 e. The number of nitrogens with zero attached hydrogens (tertiary/aromatic N) is 6. The van der Waals surface area contributed by atoms with E-state index in [1.54, 1.807) is 4.68 Å². The van der Waals surface area contributed by atoms with Crippen LogP contribution in [0, 0.1) is 0 Å². The van der Waals surface area contributed by atoms with Crippen LogP contribution in [0.4, 0.5) is 5.82 Å². The normalized spacial score (nSPS) is 18.3. The molecule has 1 saturated carbocycles. The van der Waals surface area contributed by atoms with E-state index in [2.05, 4.69) is 46.9 Å². The monoisotopic (exact) mass is 398 g/mol. The van der Waals surface area contributed by atoms with Crippen LogP contribution in [0.3, 0.4) is 0 Å². The van der Waals surface area contributed by atoms with Gasteiger partial charge in [0.25, 0.3) is 0 Å². The van der Waals surface area contributed by atoms with Gasteiger partial charge in [0.1, 0.15) is 11.6 Å². The molecule has 2 fully saturated rings. The Hall–Kier alpha value is -2.15. The Bertz CT molecular complexity index is 815. The van der Waals surface area contributed by atoms with Crippen molar-refractivity contribution in [3.8, 4) is 5.88 Å². The van der Waals surface area contributed by atoms with Gasteiger partial charge >= 0.3 is 0 Å². The quantitative estimate of drug-likeness (QED) is 0.669. The SMILES string of the molecule is Cn1ccc(OCCCN2CCN(c3nc(C(C)(C)C)ncc3C3CC3)CC2)n1. The number of piperazine rings is 1. The van der Waals surface area contributed by atoms with E-state index in [0.29, 0.717) is 18.4 Å². The highest BCUT2D eigenvalue weighted by Crippen LogP contribution is 2.44. The molecule has 2 aliphatic rings. The molecule has 0 spiro atoms. The van der Waals surface area contributed by atoms with Crippen LogP contribution < -0.4 is 9.64 Å². The summed E-state index contributed by atoms with van der Waals surface area (Å²) in [6.07, 6.45) is 7.58. The second-order valence-corrected chi connectivity index (χ2v) is 9.36. The summed E-state index contributed by atoms with van der Waals surface area (Å²) in [5.41, 5.74) is 1.34. The van der Waals surface area contributed by atoms with Gasteiger partial charge in [0.05, 0.1) is 6.61 Å². The number of rotatable bonds is 7. The number of anilines is 1. The molecular weight excluding hydrogens is 364 g/mol. The van der Waals surface area contributed by atoms with E-state index in [1.807, 2.05) is 19.3 Å². The van der Waals surface area contributed by atoms with Crippen LogP contribution in [0.2, 0.25) is 0 Å². The summed E-state index contributed by atoms with van der Waals surface area (Å²) in [4.78, 5) is 14.7. The molecule has 4 rings (SSSR count). The van der Waals surface area contributed by atoms with Gasteiger partial charge in [0.15, 0.2) is 0 Å². The standard InChI is InChI=1S/C22H34N6O/c1-22(2,3)21-23-16-18(17-6-7-17)20(24-21)28-13-11-27(12-14-28)9-5-15-29-19-8-10-26(4)25-19/h8,10,16-17H,5-7,9,11-15H2,1-4H3. The highest BCUT2D eigenvalue weighted by Gasteiger charge is 2.31. The minimum absolute atomic E-state index is 0.0216. The van der Waals surface area contributed by atoms with E-state index in [0.717, 1.165) is 45.0 Å². The maximum absolute atomic E-state index is 5.72. The zero-order valence-electron chi connectivity index (χ0n) is 18.3. The molecular formula is C22H34N6O. The van der Waals surface area contributed by atoms with Gasteiger partial charge in [-0.1, -0.05) is 20.8 Å². The Kier molecular flexibility index (Phi) is 5.76. The zero-order valence-corrected chi connectivity index (χ0v) is 18.3. The van der Waals surface area contributed by atoms with Crippen molar-refractivity contribution in [3.05, 3.63) is 29.8 Å². The van der Waals surface area contributed by atoms with Crippen molar-refractivity contribution in [2.75, 3.05) is 44.2 Å². The highest BCUT2D eigenvalue weighted by molar-refractivity contribution is 5.50. The van der Waals surface area contributed by atoms with Crippen molar-refractivity contribution in [3.63, 3.8) is 0 Å². The summed E-state index contributed by atoms with van der Waals surface area (Å²) in [5.74, 6) is 3.51. The molecule has 7 heteroatoms. The summed E-state index contributed by atoms with van der Waals surface area (Å²) in [6.45, 7) is 12.5. The lowest BCUT2D eigenvalue weighted by Crippen LogP contribution is -2.47. The van der Waals surface area contributed by atoms with Gasteiger partial charge in [-0.2, -0.15) is 0 Å². The van der Waals surface area contributed by atoms with Gasteiger partial charge in [0.2, 0.25) is 5.88 Å². The van der Waals surface area contributed by atoms with Gasteiger partial charge < -0.3 is 9.64 Å². The molecule has 2 aromatic heterocycles. The first-order valence-corrected chi connectivity index (χ1v) is 10.9. The molecule has 3 heterocycles. The van der Waals surface area contributed by atoms with Crippen LogP contribution in [0.15, 0.2) is 18.5 Å². The Labute approximate surface area is 174 Å². The minimum Gasteiger partial charge on any atom is -0.477 e. The predicted octanol–water partition coefficient (Wildman–Crippen LogP) is 2.98. The molecule has 1 aliphatic carbocycles. The molecule has 0 radical (unpaired) electrons. The van der Waals surface area contributed by atoms with Gasteiger partial charge in [-0.05, 0) is 25.2 Å². The maximum atomic E-state index is 5.72. The number of ether oxygens (including phenoxy) is 1. The van der Waals surface area contributed by atoms with Gasteiger partial charge in [-0.3, -0.25) is 9.58 Å². The van der Waals surface area contributed by atoms with Crippen molar-refractivity contribution in [2.45, 2.75) is 51.4 Å². The lowest BCUT2D eigenvalue weighted by atomic mass is 9.95. The first kappa shape index (κ1) is 20.1. The van der Waals surface area contributed by atoms with Crippen LogP contribution in [0.25, 0.3) is 0 Å². The van der Waals surface area contributed by atoms with Crippen molar-refractivity contribution in [1.82, 2.24) is 24.6 Å². The number of aryl methyl sites for hydroxylation is 1. The van der Waals surface area contributed by atoms with E-state index < -0.39 is 0 Å². The van der Waals surface area contributed by atoms with E-state index in [1.165, 1.54) is 24.2 Å². The number of aromatic nitrogens is 4. The third kappa shape index (κ3) is 5.07. The summed E-state index contributed by atoms with van der Waals surface area (Å²) < 4.78 is 7.48. The molecule has 29 heavy (non-hydrogen) atoms. The van der Waals surface area contributed by atoms with E-state index >= 15 is 0 Å². The average molecular weight is 399 g/mol. The molecule has 1 saturated heterocycles. The van der Waals surface area contributed by atoms with Gasteiger partial charge in [0, 0.05) is 69.2 Å². The fraction of sp³-hybridized carbons (Fsp3) is 0.682. The molecule has 0 N–H and O–H groups in total. The Morgan fingerprint density at radius 2 is 1.90 bits per heavy atom. The molecule has 0 atom stereocenters. The number of hydrogen-bond acceptors (Lipinski definition) is 6. The van der Waals surface area contributed by atoms with Gasteiger partial charge in [-0.15, -0.1) is 5.10 Å². The molecule has 0 aromatic carbocycles. The highest BCUT2D eigenvalue weighted by atomic mass is 16.5. The molecule has 1 aliphatic heterocycles. The summed E-state index contributed by atoms with van der Waals surface area (Å²) in [6, 6.07) is 1.91. The molecule has 2 aromatic rings. The number of hydrogen-bond donors (Lipinski definition) is 0. The topological polar surface area (TPSA) is 59.3 Å². The van der Waals surface area contributed by atoms with Crippen molar-refractivity contribution < 1.29 is 4.74 Å². The second kappa shape index (κ2) is 8.30. The van der Waals surface area contributed by atoms with E-state index in [9.17, 15) is 0 Å². The first-order chi connectivity index (χ1) is 13.9. The Morgan fingerprint density at radius 1 is 1.14 bits per heavy atom. The lowest BCUT2D eigenvalue weighted by molar-refractivity contribution is 0.221. The van der Waals surface area contributed by atoms with Crippen LogP contribution in [-0.4, -0.2) is 64.0 Å². The van der Waals surface area contributed by atoms with Crippen molar-refractivity contribution >= 4 is 5.82 Å². The van der Waals surface area contributed by atoms with Crippen LogP contribution >= 0.6 is 0 Å². The summed E-state index contributed by atoms with van der Waals surface area (Å²) in [5, 5.41) is 4.25. The average Bonchev–Trinajstić information content (AvgIpc) is 3.46. The molecule has 0 unspecified atom stereocenters. The van der Waals surface area contributed by atoms with Crippen LogP contribution in [-0.2, 0) is 12.5 Å². The third-order valence-corrected chi connectivity index (χ3v) is 5.71. The van der Waals surface area contributed by atoms with Gasteiger partial charge in [-0.25, -0.2) is 9.97 Å². The molecule has 0 bridgehead atoms. The molecule has 0 amide bonds. The Balaban J connectivity index is 1.30. The largest absolute Gasteiger partial charge is 0.477 e. The van der Waals surface area contributed by atoms with Crippen LogP contribution in [0.1, 0.15) is 57.3 Å². The summed E-state index contributed by atoms with van der Waals surface area (Å²) >= 11 is 0. The summed E-state index contributed by atoms with van der Waals surface area (Å²) in [7, 11) is 1.91. The van der Waals surface area contributed by atoms with E-state index in [4.69, 9.17) is 9.72 Å². The van der Waals surface area contributed by atoms with Crippen LogP contribution in [0.5, 0.6) is 5.88 Å². The predicted molar refractivity (Wildman–Crippen MR) is 115 cm³/mol. The minimum atomic E-state index is -0.0216. The zero-order chi connectivity index (χ0) is 20.4. The second-order valence-electron chi connectivity index (χ2n) is 9.36. The maximum Gasteiger partial charge on any atom is 0.232 e. The molecule has 158 valence electrons.